The molecule has 3 atom stereocenters. The van der Waals surface area contributed by atoms with Gasteiger partial charge in [-0.15, -0.1) is 0 Å². The van der Waals surface area contributed by atoms with Gasteiger partial charge < -0.3 is 10.2 Å². The zero-order chi connectivity index (χ0) is 14.0. The minimum Gasteiger partial charge on any atom is -0.374 e. The highest BCUT2D eigenvalue weighted by Crippen LogP contribution is 2.39. The predicted octanol–water partition coefficient (Wildman–Crippen LogP) is 4.10. The normalized spacial score (nSPS) is 23.2. The molecular weight excluding hydrogens is 256 g/mol. The van der Waals surface area contributed by atoms with Gasteiger partial charge in [-0.1, -0.05) is 31.5 Å². The average molecular weight is 281 g/mol. The van der Waals surface area contributed by atoms with Gasteiger partial charge in [-0.3, -0.25) is 0 Å². The van der Waals surface area contributed by atoms with Crippen molar-refractivity contribution in [1.29, 1.82) is 0 Å². The summed E-state index contributed by atoms with van der Waals surface area (Å²) in [5.74, 6) is 1.76. The maximum atomic E-state index is 6.42. The summed E-state index contributed by atoms with van der Waals surface area (Å²) in [7, 11) is 2.16. The molecule has 1 aliphatic rings. The van der Waals surface area contributed by atoms with E-state index in [0.717, 1.165) is 29.9 Å². The van der Waals surface area contributed by atoms with E-state index in [-0.39, 0.29) is 0 Å². The van der Waals surface area contributed by atoms with Crippen LogP contribution in [0.3, 0.4) is 0 Å². The van der Waals surface area contributed by atoms with Crippen LogP contribution in [0.15, 0.2) is 18.2 Å². The molecule has 1 aromatic carbocycles. The Bertz CT molecular complexity index is 433. The highest BCUT2D eigenvalue weighted by molar-refractivity contribution is 6.31. The molecule has 0 radical (unpaired) electrons. The van der Waals surface area contributed by atoms with Gasteiger partial charge in [0.05, 0.1) is 0 Å². The van der Waals surface area contributed by atoms with Gasteiger partial charge in [0, 0.05) is 30.3 Å². The van der Waals surface area contributed by atoms with Crippen molar-refractivity contribution in [3.63, 3.8) is 0 Å². The lowest BCUT2D eigenvalue weighted by molar-refractivity contribution is 0.598. The highest BCUT2D eigenvalue weighted by atomic mass is 35.5. The second kappa shape index (κ2) is 6.15. The summed E-state index contributed by atoms with van der Waals surface area (Å²) in [6.45, 7) is 8.69. The molecule has 0 saturated heterocycles. The monoisotopic (exact) mass is 280 g/mol. The Morgan fingerprint density at radius 3 is 2.68 bits per heavy atom. The first-order valence-corrected chi connectivity index (χ1v) is 7.64. The Balaban J connectivity index is 2.05. The van der Waals surface area contributed by atoms with E-state index in [1.165, 1.54) is 17.7 Å². The zero-order valence-corrected chi connectivity index (χ0v) is 13.2. The van der Waals surface area contributed by atoms with E-state index in [1.54, 1.807) is 0 Å². The van der Waals surface area contributed by atoms with E-state index in [1.807, 2.05) is 0 Å². The van der Waals surface area contributed by atoms with Crippen LogP contribution in [0.25, 0.3) is 0 Å². The molecule has 1 aliphatic carbocycles. The lowest BCUT2D eigenvalue weighted by Crippen LogP contribution is -2.21. The molecule has 106 valence electrons. The van der Waals surface area contributed by atoms with Crippen LogP contribution < -0.4 is 10.2 Å². The molecule has 0 aromatic heterocycles. The van der Waals surface area contributed by atoms with E-state index in [4.69, 9.17) is 11.6 Å². The van der Waals surface area contributed by atoms with Crippen molar-refractivity contribution >= 4 is 17.3 Å². The van der Waals surface area contributed by atoms with Crippen molar-refractivity contribution in [2.75, 3.05) is 25.0 Å². The van der Waals surface area contributed by atoms with Crippen molar-refractivity contribution < 1.29 is 0 Å². The van der Waals surface area contributed by atoms with Crippen molar-refractivity contribution in [1.82, 2.24) is 5.32 Å². The summed E-state index contributed by atoms with van der Waals surface area (Å²) < 4.78 is 0. The highest BCUT2D eigenvalue weighted by Gasteiger charge is 2.33. The van der Waals surface area contributed by atoms with Gasteiger partial charge in [-0.25, -0.2) is 0 Å². The number of hydrogen-bond acceptors (Lipinski definition) is 2. The second-order valence-electron chi connectivity index (χ2n) is 5.84. The van der Waals surface area contributed by atoms with Crippen molar-refractivity contribution in [2.24, 2.45) is 11.8 Å². The average Bonchev–Trinajstić information content (AvgIpc) is 3.04. The largest absolute Gasteiger partial charge is 0.374 e. The molecule has 1 fully saturated rings. The molecule has 0 bridgehead atoms. The Hall–Kier alpha value is -0.730. The van der Waals surface area contributed by atoms with Crippen LogP contribution in [0.5, 0.6) is 0 Å². The number of benzene rings is 1. The molecule has 2 rings (SSSR count). The third kappa shape index (κ3) is 3.64. The summed E-state index contributed by atoms with van der Waals surface area (Å²) in [6.07, 6.45) is 1.37. The lowest BCUT2D eigenvalue weighted by atomic mass is 10.1. The standard InChI is InChI=1S/C16H25ClN2/c1-5-18-12(3)15-7-6-14(9-16(15)17)19(4)10-13-8-11(13)2/h6-7,9,11-13,18H,5,8,10H2,1-4H3. The summed E-state index contributed by atoms with van der Waals surface area (Å²) in [6, 6.07) is 6.73. The van der Waals surface area contributed by atoms with Gasteiger partial charge in [-0.05, 0) is 49.4 Å². The molecule has 1 aromatic rings. The number of nitrogens with zero attached hydrogens (tertiary/aromatic N) is 1. The van der Waals surface area contributed by atoms with E-state index < -0.39 is 0 Å². The second-order valence-corrected chi connectivity index (χ2v) is 6.25. The van der Waals surface area contributed by atoms with Gasteiger partial charge in [0.15, 0.2) is 0 Å². The smallest absolute Gasteiger partial charge is 0.0474 e. The van der Waals surface area contributed by atoms with E-state index in [2.05, 4.69) is 56.2 Å². The third-order valence-electron chi connectivity index (χ3n) is 4.19. The molecular formula is C16H25ClN2. The van der Waals surface area contributed by atoms with Gasteiger partial charge >= 0.3 is 0 Å². The first-order valence-electron chi connectivity index (χ1n) is 7.26. The Labute approximate surface area is 122 Å². The predicted molar refractivity (Wildman–Crippen MR) is 84.1 cm³/mol. The maximum absolute atomic E-state index is 6.42. The summed E-state index contributed by atoms with van der Waals surface area (Å²) in [4.78, 5) is 2.32. The molecule has 1 N–H and O–H groups in total. The van der Waals surface area contributed by atoms with Crippen molar-refractivity contribution in [3.8, 4) is 0 Å². The van der Waals surface area contributed by atoms with Crippen LogP contribution in [0, 0.1) is 11.8 Å². The Morgan fingerprint density at radius 2 is 2.16 bits per heavy atom. The Morgan fingerprint density at radius 1 is 1.47 bits per heavy atom. The van der Waals surface area contributed by atoms with Gasteiger partial charge in [0.25, 0.3) is 0 Å². The SMILES string of the molecule is CCNC(C)c1ccc(N(C)CC2CC2C)cc1Cl. The molecule has 2 nitrogen and oxygen atoms in total. The third-order valence-corrected chi connectivity index (χ3v) is 4.51. The van der Waals surface area contributed by atoms with Crippen LogP contribution in [0.4, 0.5) is 5.69 Å². The van der Waals surface area contributed by atoms with Gasteiger partial charge in [0.2, 0.25) is 0 Å². The molecule has 1 saturated carbocycles. The molecule has 0 amide bonds. The molecule has 3 unspecified atom stereocenters. The van der Waals surface area contributed by atoms with E-state index in [9.17, 15) is 0 Å². The lowest BCUT2D eigenvalue weighted by Gasteiger charge is -2.22. The molecule has 0 spiro atoms. The quantitative estimate of drug-likeness (QED) is 0.844. The number of rotatable bonds is 6. The molecule has 0 heterocycles. The first kappa shape index (κ1) is 14.7. The fourth-order valence-electron chi connectivity index (χ4n) is 2.63. The minimum absolute atomic E-state index is 0.306. The van der Waals surface area contributed by atoms with E-state index in [0.29, 0.717) is 6.04 Å². The van der Waals surface area contributed by atoms with Crippen LogP contribution in [0.1, 0.15) is 38.8 Å². The fourth-order valence-corrected chi connectivity index (χ4v) is 2.97. The topological polar surface area (TPSA) is 15.3 Å². The molecule has 19 heavy (non-hydrogen) atoms. The van der Waals surface area contributed by atoms with Crippen LogP contribution in [0.2, 0.25) is 5.02 Å². The van der Waals surface area contributed by atoms with Crippen LogP contribution >= 0.6 is 11.6 Å². The number of anilines is 1. The Kier molecular flexibility index (Phi) is 4.75. The summed E-state index contributed by atoms with van der Waals surface area (Å²) in [5, 5.41) is 4.26. The van der Waals surface area contributed by atoms with Crippen LogP contribution in [-0.4, -0.2) is 20.1 Å². The molecule has 0 aliphatic heterocycles. The number of nitrogens with one attached hydrogen (secondary N) is 1. The zero-order valence-electron chi connectivity index (χ0n) is 12.4. The minimum atomic E-state index is 0.306. The van der Waals surface area contributed by atoms with Crippen molar-refractivity contribution in [3.05, 3.63) is 28.8 Å². The van der Waals surface area contributed by atoms with Gasteiger partial charge in [-0.2, -0.15) is 0 Å². The van der Waals surface area contributed by atoms with Crippen LogP contribution in [-0.2, 0) is 0 Å². The fraction of sp³-hybridized carbons (Fsp3) is 0.625. The van der Waals surface area contributed by atoms with E-state index >= 15 is 0 Å². The first-order chi connectivity index (χ1) is 9.02. The molecule has 3 heteroatoms. The summed E-state index contributed by atoms with van der Waals surface area (Å²) >= 11 is 6.42. The number of hydrogen-bond donors (Lipinski definition) is 1. The maximum Gasteiger partial charge on any atom is 0.0474 e. The number of halogens is 1. The van der Waals surface area contributed by atoms with Gasteiger partial charge in [0.1, 0.15) is 0 Å². The summed E-state index contributed by atoms with van der Waals surface area (Å²) in [5.41, 5.74) is 2.40. The van der Waals surface area contributed by atoms with Crippen molar-refractivity contribution in [2.45, 2.75) is 33.2 Å².